The summed E-state index contributed by atoms with van der Waals surface area (Å²) in [4.78, 5) is 3.87. The number of aromatic amines is 1. The lowest BCUT2D eigenvalue weighted by atomic mass is 10.1. The Labute approximate surface area is 110 Å². The summed E-state index contributed by atoms with van der Waals surface area (Å²) < 4.78 is 5.15. The molecule has 0 spiro atoms. The highest BCUT2D eigenvalue weighted by atomic mass is 16.3. The number of rotatable bonds is 5. The van der Waals surface area contributed by atoms with E-state index >= 15 is 0 Å². The van der Waals surface area contributed by atoms with Crippen molar-refractivity contribution in [3.8, 4) is 11.3 Å². The molecule has 0 fully saturated rings. The standard InChI is InChI=1S/C14H14N4O/c1-3-12(14-5-6-17-18-14)4-2-11(1)7-15-8-13-9-16-10-19-13/h1-6,9-10,15H,7-8H2,(H,17,18). The van der Waals surface area contributed by atoms with E-state index in [4.69, 9.17) is 4.42 Å². The number of nitrogens with one attached hydrogen (secondary N) is 2. The van der Waals surface area contributed by atoms with Crippen LogP contribution in [0.25, 0.3) is 11.3 Å². The first-order chi connectivity index (χ1) is 9.42. The molecule has 0 radical (unpaired) electrons. The summed E-state index contributed by atoms with van der Waals surface area (Å²) in [5.41, 5.74) is 3.39. The van der Waals surface area contributed by atoms with Crippen molar-refractivity contribution in [2.45, 2.75) is 13.1 Å². The zero-order valence-corrected chi connectivity index (χ0v) is 10.3. The van der Waals surface area contributed by atoms with Crippen LogP contribution in [0.2, 0.25) is 0 Å². The molecular formula is C14H14N4O. The average molecular weight is 254 g/mol. The highest BCUT2D eigenvalue weighted by Crippen LogP contribution is 2.16. The Morgan fingerprint density at radius 3 is 2.68 bits per heavy atom. The monoisotopic (exact) mass is 254 g/mol. The van der Waals surface area contributed by atoms with Gasteiger partial charge in [-0.1, -0.05) is 24.3 Å². The van der Waals surface area contributed by atoms with Crippen molar-refractivity contribution >= 4 is 0 Å². The van der Waals surface area contributed by atoms with Gasteiger partial charge in [0, 0.05) is 12.7 Å². The lowest BCUT2D eigenvalue weighted by Crippen LogP contribution is -2.11. The maximum absolute atomic E-state index is 5.15. The average Bonchev–Trinajstić information content (AvgIpc) is 3.13. The van der Waals surface area contributed by atoms with Gasteiger partial charge < -0.3 is 9.73 Å². The summed E-state index contributed by atoms with van der Waals surface area (Å²) in [6, 6.07) is 10.3. The van der Waals surface area contributed by atoms with Crippen LogP contribution in [0.15, 0.2) is 53.5 Å². The molecule has 1 aromatic carbocycles. The van der Waals surface area contributed by atoms with Crippen molar-refractivity contribution < 1.29 is 4.42 Å². The minimum Gasteiger partial charge on any atom is -0.447 e. The summed E-state index contributed by atoms with van der Waals surface area (Å²) in [7, 11) is 0. The third-order valence-corrected chi connectivity index (χ3v) is 2.88. The highest BCUT2D eigenvalue weighted by Gasteiger charge is 2.00. The van der Waals surface area contributed by atoms with E-state index in [0.29, 0.717) is 6.54 Å². The molecule has 0 aliphatic rings. The van der Waals surface area contributed by atoms with Gasteiger partial charge >= 0.3 is 0 Å². The van der Waals surface area contributed by atoms with Crippen molar-refractivity contribution in [2.24, 2.45) is 0 Å². The van der Waals surface area contributed by atoms with Crippen LogP contribution in [0.5, 0.6) is 0 Å². The van der Waals surface area contributed by atoms with Gasteiger partial charge in [-0.05, 0) is 17.2 Å². The fourth-order valence-corrected chi connectivity index (χ4v) is 1.88. The Hall–Kier alpha value is -2.40. The molecule has 0 atom stereocenters. The van der Waals surface area contributed by atoms with Crippen LogP contribution in [0.3, 0.4) is 0 Å². The smallest absolute Gasteiger partial charge is 0.180 e. The summed E-state index contributed by atoms with van der Waals surface area (Å²) >= 11 is 0. The molecule has 2 aromatic heterocycles. The molecule has 5 heteroatoms. The summed E-state index contributed by atoms with van der Waals surface area (Å²) in [5, 5.41) is 10.2. The van der Waals surface area contributed by atoms with E-state index < -0.39 is 0 Å². The third-order valence-electron chi connectivity index (χ3n) is 2.88. The Morgan fingerprint density at radius 1 is 1.11 bits per heavy atom. The van der Waals surface area contributed by atoms with Crippen LogP contribution in [0.4, 0.5) is 0 Å². The first kappa shape index (κ1) is 11.7. The molecule has 5 nitrogen and oxygen atoms in total. The zero-order valence-electron chi connectivity index (χ0n) is 10.3. The zero-order chi connectivity index (χ0) is 12.9. The van der Waals surface area contributed by atoms with Crippen LogP contribution in [-0.4, -0.2) is 15.2 Å². The number of aromatic nitrogens is 3. The summed E-state index contributed by atoms with van der Waals surface area (Å²) in [6.07, 6.45) is 4.91. The Bertz CT molecular complexity index is 599. The minimum atomic E-state index is 0.683. The molecule has 0 saturated carbocycles. The molecule has 0 aliphatic heterocycles. The van der Waals surface area contributed by atoms with Gasteiger partial charge in [0.2, 0.25) is 0 Å². The van der Waals surface area contributed by atoms with Gasteiger partial charge in [0.25, 0.3) is 0 Å². The first-order valence-electron chi connectivity index (χ1n) is 6.08. The molecule has 0 unspecified atom stereocenters. The number of hydrogen-bond acceptors (Lipinski definition) is 4. The Morgan fingerprint density at radius 2 is 2.00 bits per heavy atom. The van der Waals surface area contributed by atoms with Gasteiger partial charge in [-0.2, -0.15) is 5.10 Å². The second-order valence-electron chi connectivity index (χ2n) is 4.24. The van der Waals surface area contributed by atoms with Crippen LogP contribution in [-0.2, 0) is 13.1 Å². The molecule has 0 amide bonds. The van der Waals surface area contributed by atoms with E-state index in [2.05, 4.69) is 44.8 Å². The Balaban J connectivity index is 1.57. The second-order valence-corrected chi connectivity index (χ2v) is 4.24. The van der Waals surface area contributed by atoms with E-state index in [1.54, 1.807) is 12.4 Å². The van der Waals surface area contributed by atoms with E-state index in [-0.39, 0.29) is 0 Å². The molecule has 0 saturated heterocycles. The predicted molar refractivity (Wildman–Crippen MR) is 71.1 cm³/mol. The van der Waals surface area contributed by atoms with Gasteiger partial charge in [-0.15, -0.1) is 0 Å². The van der Waals surface area contributed by atoms with Crippen molar-refractivity contribution in [2.75, 3.05) is 0 Å². The van der Waals surface area contributed by atoms with Gasteiger partial charge in [-0.25, -0.2) is 4.98 Å². The minimum absolute atomic E-state index is 0.683. The Kier molecular flexibility index (Phi) is 3.38. The summed E-state index contributed by atoms with van der Waals surface area (Å²) in [5.74, 6) is 0.842. The van der Waals surface area contributed by atoms with E-state index in [1.165, 1.54) is 12.0 Å². The second kappa shape index (κ2) is 5.49. The molecule has 3 rings (SSSR count). The van der Waals surface area contributed by atoms with Gasteiger partial charge in [0.1, 0.15) is 5.76 Å². The maximum Gasteiger partial charge on any atom is 0.180 e. The maximum atomic E-state index is 5.15. The van der Waals surface area contributed by atoms with Gasteiger partial charge in [0.15, 0.2) is 6.39 Å². The van der Waals surface area contributed by atoms with Crippen molar-refractivity contribution in [3.05, 3.63) is 60.4 Å². The fourth-order valence-electron chi connectivity index (χ4n) is 1.88. The number of hydrogen-bond donors (Lipinski definition) is 2. The lowest BCUT2D eigenvalue weighted by Gasteiger charge is -2.04. The molecule has 0 bridgehead atoms. The molecule has 96 valence electrons. The molecule has 0 aliphatic carbocycles. The van der Waals surface area contributed by atoms with E-state index in [0.717, 1.165) is 23.6 Å². The SMILES string of the molecule is c1cc(-c2ccc(CNCc3cnco3)cc2)[nH]n1. The number of benzene rings is 1. The van der Waals surface area contributed by atoms with Crippen molar-refractivity contribution in [1.82, 2.24) is 20.5 Å². The number of nitrogens with zero attached hydrogens (tertiary/aromatic N) is 2. The van der Waals surface area contributed by atoms with Crippen molar-refractivity contribution in [1.29, 1.82) is 0 Å². The van der Waals surface area contributed by atoms with Crippen LogP contribution >= 0.6 is 0 Å². The largest absolute Gasteiger partial charge is 0.447 e. The van der Waals surface area contributed by atoms with Gasteiger partial charge in [-0.3, -0.25) is 5.10 Å². The first-order valence-corrected chi connectivity index (χ1v) is 6.08. The third kappa shape index (κ3) is 2.89. The quantitative estimate of drug-likeness (QED) is 0.733. The van der Waals surface area contributed by atoms with E-state index in [9.17, 15) is 0 Å². The van der Waals surface area contributed by atoms with Gasteiger partial charge in [0.05, 0.1) is 18.4 Å². The normalized spacial score (nSPS) is 10.7. The number of H-pyrrole nitrogens is 1. The summed E-state index contributed by atoms with van der Waals surface area (Å²) in [6.45, 7) is 1.48. The molecular weight excluding hydrogens is 240 g/mol. The predicted octanol–water partition coefficient (Wildman–Crippen LogP) is 2.35. The molecule has 3 aromatic rings. The lowest BCUT2D eigenvalue weighted by molar-refractivity contribution is 0.479. The van der Waals surface area contributed by atoms with Crippen LogP contribution in [0.1, 0.15) is 11.3 Å². The van der Waals surface area contributed by atoms with E-state index in [1.807, 2.05) is 6.07 Å². The van der Waals surface area contributed by atoms with Crippen LogP contribution in [0, 0.1) is 0 Å². The van der Waals surface area contributed by atoms with Crippen molar-refractivity contribution in [3.63, 3.8) is 0 Å². The number of oxazole rings is 1. The highest BCUT2D eigenvalue weighted by molar-refractivity contribution is 5.58. The van der Waals surface area contributed by atoms with Crippen LogP contribution < -0.4 is 5.32 Å². The molecule has 2 N–H and O–H groups in total. The molecule has 2 heterocycles. The fraction of sp³-hybridized carbons (Fsp3) is 0.143. The topological polar surface area (TPSA) is 66.7 Å². The molecule has 19 heavy (non-hydrogen) atoms.